The van der Waals surface area contributed by atoms with Crippen LogP contribution in [0.3, 0.4) is 0 Å². The Balaban J connectivity index is 2.43. The van der Waals surface area contributed by atoms with Gasteiger partial charge in [0.25, 0.3) is 0 Å². The van der Waals surface area contributed by atoms with Gasteiger partial charge in [-0.3, -0.25) is 0 Å². The molecule has 2 aromatic rings. The van der Waals surface area contributed by atoms with Crippen LogP contribution in [0.15, 0.2) is 18.2 Å². The Labute approximate surface area is 109 Å². The third-order valence-electron chi connectivity index (χ3n) is 2.30. The molecule has 0 unspecified atom stereocenters. The maximum atomic E-state index is 11.0. The largest absolute Gasteiger partial charge is 0.241 e. The summed E-state index contributed by atoms with van der Waals surface area (Å²) >= 11 is 1.64. The van der Waals surface area contributed by atoms with Crippen LogP contribution < -0.4 is 0 Å². The molecule has 1 heterocycles. The van der Waals surface area contributed by atoms with Crippen molar-refractivity contribution >= 4 is 41.3 Å². The summed E-state index contributed by atoms with van der Waals surface area (Å²) in [4.78, 5) is 4.48. The molecule has 0 aliphatic heterocycles. The molecule has 3 nitrogen and oxygen atoms in total. The molecule has 2 rings (SSSR count). The van der Waals surface area contributed by atoms with Crippen molar-refractivity contribution in [2.75, 3.05) is 0 Å². The maximum absolute atomic E-state index is 11.0. The molecule has 0 aliphatic rings. The summed E-state index contributed by atoms with van der Waals surface area (Å²) in [6.45, 7) is 4.17. The second kappa shape index (κ2) is 4.55. The van der Waals surface area contributed by atoms with Gasteiger partial charge in [-0.25, -0.2) is 13.4 Å². The predicted octanol–water partition coefficient (Wildman–Crippen LogP) is 3.49. The molecule has 92 valence electrons. The number of halogens is 1. The lowest BCUT2D eigenvalue weighted by Gasteiger charge is -1.97. The van der Waals surface area contributed by atoms with E-state index < -0.39 is 9.05 Å². The van der Waals surface area contributed by atoms with Gasteiger partial charge in [0.15, 0.2) is 0 Å². The number of fused-ring (bicyclic) bond motifs is 1. The lowest BCUT2D eigenvalue weighted by Crippen LogP contribution is -1.94. The zero-order valence-corrected chi connectivity index (χ0v) is 11.9. The lowest BCUT2D eigenvalue weighted by atomic mass is 10.2. The number of nitrogens with zero attached hydrogens (tertiary/aromatic N) is 1. The van der Waals surface area contributed by atoms with Crippen LogP contribution in [0.25, 0.3) is 10.2 Å². The van der Waals surface area contributed by atoms with E-state index in [9.17, 15) is 8.42 Å². The Morgan fingerprint density at radius 3 is 2.71 bits per heavy atom. The first-order chi connectivity index (χ1) is 7.85. The van der Waals surface area contributed by atoms with E-state index >= 15 is 0 Å². The highest BCUT2D eigenvalue weighted by Gasteiger charge is 2.11. The highest BCUT2D eigenvalue weighted by molar-refractivity contribution is 8.13. The first-order valence-electron chi connectivity index (χ1n) is 5.17. The number of hydrogen-bond donors (Lipinski definition) is 0. The molecule has 1 aromatic heterocycles. The molecule has 0 spiro atoms. The van der Waals surface area contributed by atoms with Crippen LogP contribution in [0.4, 0.5) is 0 Å². The fraction of sp³-hybridized carbons (Fsp3) is 0.364. The van der Waals surface area contributed by atoms with Crippen molar-refractivity contribution in [2.45, 2.75) is 25.5 Å². The van der Waals surface area contributed by atoms with Gasteiger partial charge < -0.3 is 0 Å². The Morgan fingerprint density at radius 2 is 2.12 bits per heavy atom. The van der Waals surface area contributed by atoms with Gasteiger partial charge in [-0.1, -0.05) is 19.9 Å². The first-order valence-corrected chi connectivity index (χ1v) is 8.46. The standard InChI is InChI=1S/C11H12ClNO2S2/c1-7(2)11-13-9-5-8(6-17(12,14)15)3-4-10(9)16-11/h3-5,7H,6H2,1-2H3. The van der Waals surface area contributed by atoms with Crippen LogP contribution >= 0.6 is 22.0 Å². The molecule has 6 heteroatoms. The first kappa shape index (κ1) is 12.8. The van der Waals surface area contributed by atoms with Crippen LogP contribution in [0.1, 0.15) is 30.3 Å². The quantitative estimate of drug-likeness (QED) is 0.813. The van der Waals surface area contributed by atoms with E-state index in [1.54, 1.807) is 23.5 Å². The summed E-state index contributed by atoms with van der Waals surface area (Å²) in [6, 6.07) is 5.47. The van der Waals surface area contributed by atoms with Crippen LogP contribution in [0.2, 0.25) is 0 Å². The normalized spacial score (nSPS) is 12.5. The molecular formula is C11H12ClNO2S2. The highest BCUT2D eigenvalue weighted by Crippen LogP contribution is 2.28. The molecule has 1 aromatic carbocycles. The number of hydrogen-bond acceptors (Lipinski definition) is 4. The van der Waals surface area contributed by atoms with Gasteiger partial charge in [0.05, 0.1) is 21.0 Å². The third kappa shape index (κ3) is 3.18. The van der Waals surface area contributed by atoms with Crippen molar-refractivity contribution < 1.29 is 8.42 Å². The molecule has 0 N–H and O–H groups in total. The predicted molar refractivity (Wildman–Crippen MR) is 72.2 cm³/mol. The number of thiazole rings is 1. The minimum Gasteiger partial charge on any atom is -0.241 e. The van der Waals surface area contributed by atoms with Gasteiger partial charge in [0.2, 0.25) is 9.05 Å². The van der Waals surface area contributed by atoms with Crippen LogP contribution in [-0.4, -0.2) is 13.4 Å². The summed E-state index contributed by atoms with van der Waals surface area (Å²) in [5.41, 5.74) is 1.52. The SMILES string of the molecule is CC(C)c1nc2cc(CS(=O)(=O)Cl)ccc2s1. The van der Waals surface area contributed by atoms with E-state index in [0.717, 1.165) is 15.2 Å². The van der Waals surface area contributed by atoms with E-state index in [2.05, 4.69) is 18.8 Å². The second-order valence-corrected chi connectivity index (χ2v) is 8.03. The summed E-state index contributed by atoms with van der Waals surface area (Å²) in [5.74, 6) is 0.228. The monoisotopic (exact) mass is 289 g/mol. The summed E-state index contributed by atoms with van der Waals surface area (Å²) < 4.78 is 23.1. The fourth-order valence-corrected chi connectivity index (χ4v) is 3.43. The molecular weight excluding hydrogens is 278 g/mol. The molecule has 0 saturated carbocycles. The molecule has 0 fully saturated rings. The van der Waals surface area contributed by atoms with Crippen LogP contribution in [0.5, 0.6) is 0 Å². The van der Waals surface area contributed by atoms with Crippen molar-refractivity contribution in [3.63, 3.8) is 0 Å². The van der Waals surface area contributed by atoms with Gasteiger partial charge in [-0.15, -0.1) is 11.3 Å². The Kier molecular flexibility index (Phi) is 3.43. The molecule has 0 bridgehead atoms. The molecule has 0 aliphatic carbocycles. The van der Waals surface area contributed by atoms with Gasteiger partial charge in [-0.05, 0) is 17.7 Å². The van der Waals surface area contributed by atoms with Gasteiger partial charge in [0, 0.05) is 16.6 Å². The average molecular weight is 290 g/mol. The van der Waals surface area contributed by atoms with Crippen LogP contribution in [0, 0.1) is 0 Å². The minimum absolute atomic E-state index is 0.154. The van der Waals surface area contributed by atoms with E-state index in [0.29, 0.717) is 11.5 Å². The summed E-state index contributed by atoms with van der Waals surface area (Å²) in [5, 5.41) is 1.06. The topological polar surface area (TPSA) is 47.0 Å². The summed E-state index contributed by atoms with van der Waals surface area (Å²) in [7, 11) is 1.72. The lowest BCUT2D eigenvalue weighted by molar-refractivity contribution is 0.609. The Hall–Kier alpha value is -0.650. The maximum Gasteiger partial charge on any atom is 0.236 e. The molecule has 0 radical (unpaired) electrons. The summed E-state index contributed by atoms with van der Waals surface area (Å²) in [6.07, 6.45) is 0. The van der Waals surface area contributed by atoms with Crippen molar-refractivity contribution in [2.24, 2.45) is 0 Å². The highest BCUT2D eigenvalue weighted by atomic mass is 35.7. The zero-order chi connectivity index (χ0) is 12.6. The van der Waals surface area contributed by atoms with Gasteiger partial charge in [0.1, 0.15) is 0 Å². The number of benzene rings is 1. The van der Waals surface area contributed by atoms with E-state index in [4.69, 9.17) is 10.7 Å². The number of aromatic nitrogens is 1. The van der Waals surface area contributed by atoms with E-state index in [1.807, 2.05) is 6.07 Å². The molecule has 17 heavy (non-hydrogen) atoms. The molecule has 0 atom stereocenters. The average Bonchev–Trinajstić information content (AvgIpc) is 2.57. The van der Waals surface area contributed by atoms with Crippen molar-refractivity contribution in [1.82, 2.24) is 4.98 Å². The zero-order valence-electron chi connectivity index (χ0n) is 9.47. The van der Waals surface area contributed by atoms with Crippen molar-refractivity contribution in [3.8, 4) is 0 Å². The van der Waals surface area contributed by atoms with Crippen molar-refractivity contribution in [3.05, 3.63) is 28.8 Å². The minimum atomic E-state index is -3.51. The second-order valence-electron chi connectivity index (χ2n) is 4.19. The fourth-order valence-electron chi connectivity index (χ4n) is 1.53. The number of rotatable bonds is 3. The molecule has 0 amide bonds. The molecule has 0 saturated heterocycles. The van der Waals surface area contributed by atoms with E-state index in [1.165, 1.54) is 0 Å². The Bertz CT molecular complexity index is 647. The van der Waals surface area contributed by atoms with Crippen LogP contribution in [-0.2, 0) is 14.8 Å². The van der Waals surface area contributed by atoms with E-state index in [-0.39, 0.29) is 5.75 Å². The van der Waals surface area contributed by atoms with Crippen molar-refractivity contribution in [1.29, 1.82) is 0 Å². The van der Waals surface area contributed by atoms with Gasteiger partial charge in [-0.2, -0.15) is 0 Å². The third-order valence-corrected chi connectivity index (χ3v) is 4.64. The smallest absolute Gasteiger partial charge is 0.236 e. The Morgan fingerprint density at radius 1 is 1.41 bits per heavy atom. The van der Waals surface area contributed by atoms with Gasteiger partial charge >= 0.3 is 0 Å².